The normalized spacial score (nSPS) is 23.3. The maximum atomic E-state index is 14.2. The zero-order chi connectivity index (χ0) is 26.1. The van der Waals surface area contributed by atoms with Gasteiger partial charge in [-0.05, 0) is 48.6 Å². The summed E-state index contributed by atoms with van der Waals surface area (Å²) in [5.41, 5.74) is 3.11. The highest BCUT2D eigenvalue weighted by Gasteiger charge is 2.47. The van der Waals surface area contributed by atoms with Crippen molar-refractivity contribution >= 4 is 23.4 Å². The molecule has 3 aliphatic rings. The van der Waals surface area contributed by atoms with Crippen LogP contribution in [0.3, 0.4) is 0 Å². The third kappa shape index (κ3) is 4.41. The molecule has 38 heavy (non-hydrogen) atoms. The molecule has 0 radical (unpaired) electrons. The minimum absolute atomic E-state index is 0.249. The second-order valence-corrected chi connectivity index (χ2v) is 9.65. The summed E-state index contributed by atoms with van der Waals surface area (Å²) in [7, 11) is 0. The molecule has 1 fully saturated rings. The standard InChI is InChI=1S/C30H29N3O5/c34-28-21-12-4-5-13-22(21)29(35)33(28)27-30(36)32(17-19-38-25-16-8-9-18-37-25)24-15-7-6-14-23(24)26(31-27)20-10-2-1-3-11-20/h1-7,10-15,25-27,31H,8-9,16-19H2. The van der Waals surface area contributed by atoms with Crippen molar-refractivity contribution in [2.45, 2.75) is 37.8 Å². The molecule has 3 atom stereocenters. The predicted octanol–water partition coefficient (Wildman–Crippen LogP) is 3.88. The SMILES string of the molecule is O=C1C(N2C(=O)c3ccccc3C2=O)NC(c2ccccc2)c2ccccc2N1CCOC1CCCCO1. The number of ether oxygens (including phenoxy) is 2. The van der Waals surface area contributed by atoms with Crippen LogP contribution in [0.2, 0.25) is 0 Å². The van der Waals surface area contributed by atoms with E-state index in [1.807, 2.05) is 54.6 Å². The second kappa shape index (κ2) is 10.5. The molecule has 0 bridgehead atoms. The fraction of sp³-hybridized carbons (Fsp3) is 0.300. The van der Waals surface area contributed by atoms with Crippen molar-refractivity contribution in [3.63, 3.8) is 0 Å². The molecule has 8 heteroatoms. The first-order valence-corrected chi connectivity index (χ1v) is 13.0. The highest BCUT2D eigenvalue weighted by atomic mass is 16.7. The zero-order valence-corrected chi connectivity index (χ0v) is 20.9. The Morgan fingerprint density at radius 3 is 2.24 bits per heavy atom. The Labute approximate surface area is 221 Å². The fourth-order valence-corrected chi connectivity index (χ4v) is 5.46. The number of benzene rings is 3. The van der Waals surface area contributed by atoms with Gasteiger partial charge in [-0.15, -0.1) is 0 Å². The number of anilines is 1. The number of fused-ring (bicyclic) bond motifs is 2. The van der Waals surface area contributed by atoms with Gasteiger partial charge in [-0.1, -0.05) is 60.7 Å². The van der Waals surface area contributed by atoms with Crippen molar-refractivity contribution in [3.05, 3.63) is 101 Å². The van der Waals surface area contributed by atoms with Crippen molar-refractivity contribution in [3.8, 4) is 0 Å². The number of imide groups is 1. The first-order chi connectivity index (χ1) is 18.6. The van der Waals surface area contributed by atoms with Crippen LogP contribution in [-0.2, 0) is 14.3 Å². The van der Waals surface area contributed by atoms with E-state index in [1.165, 1.54) is 0 Å². The predicted molar refractivity (Wildman–Crippen MR) is 140 cm³/mol. The van der Waals surface area contributed by atoms with E-state index >= 15 is 0 Å². The Kier molecular flexibility index (Phi) is 6.76. The smallest absolute Gasteiger partial charge is 0.265 e. The molecule has 3 aromatic carbocycles. The van der Waals surface area contributed by atoms with E-state index in [0.29, 0.717) is 23.4 Å². The van der Waals surface area contributed by atoms with Crippen LogP contribution in [0.1, 0.15) is 57.1 Å². The lowest BCUT2D eigenvalue weighted by molar-refractivity contribution is -0.161. The number of carbonyl (C=O) groups is 3. The van der Waals surface area contributed by atoms with Crippen LogP contribution in [0, 0.1) is 0 Å². The zero-order valence-electron chi connectivity index (χ0n) is 20.9. The molecule has 8 nitrogen and oxygen atoms in total. The topological polar surface area (TPSA) is 88.2 Å². The number of amides is 3. The molecular formula is C30H29N3O5. The minimum atomic E-state index is -1.20. The van der Waals surface area contributed by atoms with Gasteiger partial charge in [0.2, 0.25) is 0 Å². The average Bonchev–Trinajstić information content (AvgIpc) is 3.15. The van der Waals surface area contributed by atoms with E-state index in [4.69, 9.17) is 9.47 Å². The molecule has 0 aromatic heterocycles. The summed E-state index contributed by atoms with van der Waals surface area (Å²) in [6.07, 6.45) is 1.39. The molecule has 194 valence electrons. The van der Waals surface area contributed by atoms with E-state index in [9.17, 15) is 14.4 Å². The van der Waals surface area contributed by atoms with E-state index in [1.54, 1.807) is 29.2 Å². The molecule has 0 aliphatic carbocycles. The Morgan fingerprint density at radius 1 is 0.842 bits per heavy atom. The molecule has 0 saturated carbocycles. The van der Waals surface area contributed by atoms with Gasteiger partial charge in [0.15, 0.2) is 12.5 Å². The second-order valence-electron chi connectivity index (χ2n) is 9.65. The van der Waals surface area contributed by atoms with Gasteiger partial charge >= 0.3 is 0 Å². The molecule has 1 saturated heterocycles. The summed E-state index contributed by atoms with van der Waals surface area (Å²) in [6.45, 7) is 1.18. The van der Waals surface area contributed by atoms with Gasteiger partial charge in [0, 0.05) is 18.8 Å². The number of nitrogens with one attached hydrogen (secondary N) is 1. The molecule has 3 amide bonds. The van der Waals surface area contributed by atoms with Crippen LogP contribution < -0.4 is 10.2 Å². The molecule has 3 unspecified atom stereocenters. The van der Waals surface area contributed by atoms with Gasteiger partial charge in [-0.3, -0.25) is 19.7 Å². The molecule has 3 heterocycles. The molecule has 3 aliphatic heterocycles. The minimum Gasteiger partial charge on any atom is -0.353 e. The Morgan fingerprint density at radius 2 is 1.53 bits per heavy atom. The number of para-hydroxylation sites is 1. The van der Waals surface area contributed by atoms with Crippen LogP contribution >= 0.6 is 0 Å². The lowest BCUT2D eigenvalue weighted by atomic mass is 9.97. The lowest BCUT2D eigenvalue weighted by Gasteiger charge is -2.31. The Hall–Kier alpha value is -3.85. The van der Waals surface area contributed by atoms with Gasteiger partial charge in [-0.2, -0.15) is 0 Å². The highest BCUT2D eigenvalue weighted by molar-refractivity contribution is 6.23. The molecule has 1 N–H and O–H groups in total. The van der Waals surface area contributed by atoms with E-state index in [2.05, 4.69) is 5.32 Å². The molecule has 6 rings (SSSR count). The Balaban J connectivity index is 1.38. The summed E-state index contributed by atoms with van der Waals surface area (Å²) >= 11 is 0. The fourth-order valence-electron chi connectivity index (χ4n) is 5.46. The van der Waals surface area contributed by atoms with Crippen molar-refractivity contribution in [2.75, 3.05) is 24.7 Å². The number of hydrogen-bond acceptors (Lipinski definition) is 6. The third-order valence-corrected chi connectivity index (χ3v) is 7.34. The van der Waals surface area contributed by atoms with Crippen LogP contribution in [0.5, 0.6) is 0 Å². The summed E-state index contributed by atoms with van der Waals surface area (Å²) in [5, 5.41) is 3.37. The summed E-state index contributed by atoms with van der Waals surface area (Å²) < 4.78 is 11.7. The number of carbonyl (C=O) groups excluding carboxylic acids is 3. The van der Waals surface area contributed by atoms with Crippen molar-refractivity contribution in [1.82, 2.24) is 10.2 Å². The van der Waals surface area contributed by atoms with E-state index < -0.39 is 29.9 Å². The first-order valence-electron chi connectivity index (χ1n) is 13.0. The van der Waals surface area contributed by atoms with Crippen LogP contribution in [-0.4, -0.2) is 54.8 Å². The van der Waals surface area contributed by atoms with E-state index in [0.717, 1.165) is 35.3 Å². The van der Waals surface area contributed by atoms with Crippen LogP contribution in [0.4, 0.5) is 5.69 Å². The average molecular weight is 512 g/mol. The highest BCUT2D eigenvalue weighted by Crippen LogP contribution is 2.36. The first kappa shape index (κ1) is 24.5. The van der Waals surface area contributed by atoms with Crippen LogP contribution in [0.15, 0.2) is 78.9 Å². The molecular weight excluding hydrogens is 482 g/mol. The monoisotopic (exact) mass is 511 g/mol. The summed E-state index contributed by atoms with van der Waals surface area (Å²) in [6, 6.07) is 23.6. The van der Waals surface area contributed by atoms with Gasteiger partial charge in [0.1, 0.15) is 0 Å². The Bertz CT molecular complexity index is 1320. The van der Waals surface area contributed by atoms with Crippen molar-refractivity contribution in [1.29, 1.82) is 0 Å². The number of hydrogen-bond donors (Lipinski definition) is 1. The maximum absolute atomic E-state index is 14.2. The van der Waals surface area contributed by atoms with Gasteiger partial charge in [-0.25, -0.2) is 4.90 Å². The molecule has 0 spiro atoms. The van der Waals surface area contributed by atoms with Crippen molar-refractivity contribution in [2.24, 2.45) is 0 Å². The van der Waals surface area contributed by atoms with Gasteiger partial charge in [0.25, 0.3) is 17.7 Å². The van der Waals surface area contributed by atoms with Crippen molar-refractivity contribution < 1.29 is 23.9 Å². The summed E-state index contributed by atoms with van der Waals surface area (Å²) in [5.74, 6) is -1.36. The quantitative estimate of drug-likeness (QED) is 0.506. The number of rotatable bonds is 6. The maximum Gasteiger partial charge on any atom is 0.265 e. The summed E-state index contributed by atoms with van der Waals surface area (Å²) in [4.78, 5) is 43.8. The number of nitrogens with zero attached hydrogens (tertiary/aromatic N) is 2. The van der Waals surface area contributed by atoms with E-state index in [-0.39, 0.29) is 19.4 Å². The van der Waals surface area contributed by atoms with Gasteiger partial charge in [0.05, 0.1) is 23.8 Å². The largest absolute Gasteiger partial charge is 0.353 e. The van der Waals surface area contributed by atoms with Crippen LogP contribution in [0.25, 0.3) is 0 Å². The van der Waals surface area contributed by atoms with Gasteiger partial charge < -0.3 is 14.4 Å². The molecule has 3 aromatic rings. The lowest BCUT2D eigenvalue weighted by Crippen LogP contribution is -2.57. The third-order valence-electron chi connectivity index (χ3n) is 7.34.